The first-order chi connectivity index (χ1) is 13.9. The zero-order valence-electron chi connectivity index (χ0n) is 16.3. The van der Waals surface area contributed by atoms with Crippen molar-refractivity contribution in [2.24, 2.45) is 5.73 Å². The minimum Gasteiger partial charge on any atom is -0.365 e. The number of carbonyl (C=O) groups excluding carboxylic acids is 2. The Morgan fingerprint density at radius 1 is 1.10 bits per heavy atom. The Labute approximate surface area is 167 Å². The Morgan fingerprint density at radius 2 is 1.86 bits per heavy atom. The van der Waals surface area contributed by atoms with Gasteiger partial charge in [-0.15, -0.1) is 0 Å². The van der Waals surface area contributed by atoms with Crippen molar-refractivity contribution >= 4 is 33.9 Å². The summed E-state index contributed by atoms with van der Waals surface area (Å²) in [6, 6.07) is 13.9. The third-order valence-corrected chi connectivity index (χ3v) is 5.11. The Kier molecular flexibility index (Phi) is 4.72. The number of carbonyl (C=O) groups is 2. The first-order valence-corrected chi connectivity index (χ1v) is 9.36. The molecule has 2 aromatic heterocycles. The highest BCUT2D eigenvalue weighted by Gasteiger charge is 2.17. The van der Waals surface area contributed by atoms with Crippen LogP contribution < -0.4 is 11.1 Å². The molecule has 4 aromatic rings. The maximum Gasteiger partial charge on any atom is 0.254 e. The van der Waals surface area contributed by atoms with Gasteiger partial charge in [-0.3, -0.25) is 9.59 Å². The molecule has 0 spiro atoms. The highest BCUT2D eigenvalue weighted by molar-refractivity contribution is 5.98. The van der Waals surface area contributed by atoms with E-state index in [1.807, 2.05) is 56.3 Å². The van der Waals surface area contributed by atoms with Gasteiger partial charge in [0.2, 0.25) is 5.91 Å². The number of hydrogen-bond acceptors (Lipinski definition) is 4. The third-order valence-electron chi connectivity index (χ3n) is 5.11. The molecular formula is C22H21N5O2. The number of anilines is 1. The maximum absolute atomic E-state index is 12.5. The summed E-state index contributed by atoms with van der Waals surface area (Å²) in [5, 5.41) is 9.38. The fraction of sp³-hybridized carbons (Fsp3) is 0.182. The van der Waals surface area contributed by atoms with Gasteiger partial charge in [0.25, 0.3) is 5.91 Å². The summed E-state index contributed by atoms with van der Waals surface area (Å²) in [7, 11) is 0. The molecule has 7 heteroatoms. The number of aromatic nitrogens is 3. The molecule has 0 radical (unpaired) electrons. The number of nitrogens with one attached hydrogen (secondary N) is 1. The van der Waals surface area contributed by atoms with E-state index in [1.165, 1.54) is 6.20 Å². The smallest absolute Gasteiger partial charge is 0.254 e. The molecule has 0 aliphatic carbocycles. The van der Waals surface area contributed by atoms with Crippen LogP contribution in [0.5, 0.6) is 0 Å². The average Bonchev–Trinajstić information content (AvgIpc) is 3.12. The van der Waals surface area contributed by atoms with Crippen LogP contribution in [0.2, 0.25) is 0 Å². The number of fused-ring (bicyclic) bond motifs is 2. The quantitative estimate of drug-likeness (QED) is 0.549. The Bertz CT molecular complexity index is 1260. The molecule has 3 N–H and O–H groups in total. The zero-order valence-corrected chi connectivity index (χ0v) is 16.3. The molecule has 2 amide bonds. The van der Waals surface area contributed by atoms with Crippen molar-refractivity contribution in [3.8, 4) is 0 Å². The summed E-state index contributed by atoms with van der Waals surface area (Å²) in [6.45, 7) is 3.76. The van der Waals surface area contributed by atoms with E-state index < -0.39 is 5.91 Å². The van der Waals surface area contributed by atoms with Gasteiger partial charge < -0.3 is 11.1 Å². The van der Waals surface area contributed by atoms with Crippen molar-refractivity contribution in [3.63, 3.8) is 0 Å². The lowest BCUT2D eigenvalue weighted by Crippen LogP contribution is -2.15. The summed E-state index contributed by atoms with van der Waals surface area (Å²) in [5.41, 5.74) is 9.43. The van der Waals surface area contributed by atoms with Gasteiger partial charge in [0.15, 0.2) is 5.65 Å². The van der Waals surface area contributed by atoms with Crippen LogP contribution in [0, 0.1) is 13.8 Å². The predicted molar refractivity (Wildman–Crippen MR) is 112 cm³/mol. The second kappa shape index (κ2) is 7.35. The van der Waals surface area contributed by atoms with Gasteiger partial charge in [0.05, 0.1) is 6.20 Å². The Balaban J connectivity index is 1.51. The molecule has 0 unspecified atom stereocenters. The normalized spacial score (nSPS) is 11.1. The lowest BCUT2D eigenvalue weighted by atomic mass is 10.1. The van der Waals surface area contributed by atoms with Crippen molar-refractivity contribution < 1.29 is 9.59 Å². The number of benzene rings is 2. The summed E-state index contributed by atoms with van der Waals surface area (Å²) in [6.07, 6.45) is 2.25. The second-order valence-corrected chi connectivity index (χ2v) is 7.03. The summed E-state index contributed by atoms with van der Waals surface area (Å²) in [5.74, 6) is -0.633. The Hall–Kier alpha value is -3.74. The largest absolute Gasteiger partial charge is 0.365 e. The lowest BCUT2D eigenvalue weighted by Gasteiger charge is -2.12. The van der Waals surface area contributed by atoms with E-state index in [0.29, 0.717) is 18.5 Å². The standard InChI is InChI=1S/C22H21N5O2/c1-13-18(14(2)27-22(25-13)19(12-24-27)21(23)29)9-10-20(28)26-17-8-7-15-5-3-4-6-16(15)11-17/h3-8,11-12H,9-10H2,1-2H3,(H2,23,29)(H,26,28). The minimum atomic E-state index is -0.561. The molecule has 0 saturated carbocycles. The number of hydrogen-bond donors (Lipinski definition) is 2. The Morgan fingerprint density at radius 3 is 2.62 bits per heavy atom. The monoisotopic (exact) mass is 387 g/mol. The first kappa shape index (κ1) is 18.6. The highest BCUT2D eigenvalue weighted by Crippen LogP contribution is 2.21. The summed E-state index contributed by atoms with van der Waals surface area (Å²) in [4.78, 5) is 28.5. The van der Waals surface area contributed by atoms with Crippen LogP contribution in [0.15, 0.2) is 48.7 Å². The van der Waals surface area contributed by atoms with Crippen molar-refractivity contribution in [1.82, 2.24) is 14.6 Å². The average molecular weight is 387 g/mol. The number of rotatable bonds is 5. The van der Waals surface area contributed by atoms with E-state index >= 15 is 0 Å². The molecule has 146 valence electrons. The van der Waals surface area contributed by atoms with Crippen molar-refractivity contribution in [2.45, 2.75) is 26.7 Å². The van der Waals surface area contributed by atoms with E-state index in [4.69, 9.17) is 5.73 Å². The lowest BCUT2D eigenvalue weighted by molar-refractivity contribution is -0.116. The molecule has 2 heterocycles. The number of nitrogens with zero attached hydrogens (tertiary/aromatic N) is 3. The zero-order chi connectivity index (χ0) is 20.5. The molecule has 0 fully saturated rings. The van der Waals surface area contributed by atoms with Crippen LogP contribution in [-0.2, 0) is 11.2 Å². The SMILES string of the molecule is Cc1nc2c(C(N)=O)cnn2c(C)c1CCC(=O)Nc1ccc2ccccc2c1. The van der Waals surface area contributed by atoms with Crippen LogP contribution in [0.4, 0.5) is 5.69 Å². The second-order valence-electron chi connectivity index (χ2n) is 7.03. The summed E-state index contributed by atoms with van der Waals surface area (Å²) >= 11 is 0. The minimum absolute atomic E-state index is 0.0718. The number of primary amides is 1. The molecule has 0 aliphatic rings. The van der Waals surface area contributed by atoms with Gasteiger partial charge in [0, 0.05) is 23.5 Å². The molecule has 0 aliphatic heterocycles. The molecule has 0 saturated heterocycles. The van der Waals surface area contributed by atoms with Gasteiger partial charge in [0.1, 0.15) is 5.56 Å². The van der Waals surface area contributed by atoms with Crippen LogP contribution >= 0.6 is 0 Å². The maximum atomic E-state index is 12.5. The van der Waals surface area contributed by atoms with Gasteiger partial charge in [-0.1, -0.05) is 30.3 Å². The third kappa shape index (κ3) is 3.54. The number of nitrogens with two attached hydrogens (primary N) is 1. The van der Waals surface area contributed by atoms with Gasteiger partial charge in [-0.2, -0.15) is 5.10 Å². The molecule has 7 nitrogen and oxygen atoms in total. The topological polar surface area (TPSA) is 102 Å². The van der Waals surface area contributed by atoms with Gasteiger partial charge >= 0.3 is 0 Å². The molecule has 0 atom stereocenters. The molecule has 29 heavy (non-hydrogen) atoms. The molecule has 4 rings (SSSR count). The van der Waals surface area contributed by atoms with E-state index in [1.54, 1.807) is 4.52 Å². The number of aryl methyl sites for hydroxylation is 2. The van der Waals surface area contributed by atoms with Crippen LogP contribution in [0.1, 0.15) is 33.7 Å². The number of amides is 2. The van der Waals surface area contributed by atoms with Gasteiger partial charge in [-0.05, 0) is 48.7 Å². The van der Waals surface area contributed by atoms with Crippen molar-refractivity contribution in [3.05, 3.63) is 71.2 Å². The van der Waals surface area contributed by atoms with Crippen LogP contribution in [-0.4, -0.2) is 26.4 Å². The van der Waals surface area contributed by atoms with Gasteiger partial charge in [-0.25, -0.2) is 9.50 Å². The van der Waals surface area contributed by atoms with Crippen molar-refractivity contribution in [1.29, 1.82) is 0 Å². The highest BCUT2D eigenvalue weighted by atomic mass is 16.2. The first-order valence-electron chi connectivity index (χ1n) is 9.36. The fourth-order valence-corrected chi connectivity index (χ4v) is 3.58. The van der Waals surface area contributed by atoms with Crippen LogP contribution in [0.3, 0.4) is 0 Å². The van der Waals surface area contributed by atoms with Crippen molar-refractivity contribution in [2.75, 3.05) is 5.32 Å². The predicted octanol–water partition coefficient (Wildman–Crippen LogP) is 3.17. The van der Waals surface area contributed by atoms with Crippen LogP contribution in [0.25, 0.3) is 16.4 Å². The molecule has 0 bridgehead atoms. The van der Waals surface area contributed by atoms with E-state index in [-0.39, 0.29) is 11.5 Å². The van der Waals surface area contributed by atoms with E-state index in [0.717, 1.165) is 33.4 Å². The van der Waals surface area contributed by atoms with E-state index in [9.17, 15) is 9.59 Å². The fourth-order valence-electron chi connectivity index (χ4n) is 3.58. The van der Waals surface area contributed by atoms with E-state index in [2.05, 4.69) is 15.4 Å². The molecular weight excluding hydrogens is 366 g/mol. The molecule has 2 aromatic carbocycles. The summed E-state index contributed by atoms with van der Waals surface area (Å²) < 4.78 is 1.60.